The van der Waals surface area contributed by atoms with Gasteiger partial charge in [0.1, 0.15) is 0 Å². The van der Waals surface area contributed by atoms with Crippen LogP contribution in [0.4, 0.5) is 5.82 Å². The van der Waals surface area contributed by atoms with Crippen LogP contribution in [0.15, 0.2) is 29.0 Å². The van der Waals surface area contributed by atoms with Gasteiger partial charge in [0.25, 0.3) is 5.91 Å². The molecule has 126 valence electrons. The minimum absolute atomic E-state index is 0.0221. The van der Waals surface area contributed by atoms with Gasteiger partial charge in [-0.15, -0.1) is 0 Å². The van der Waals surface area contributed by atoms with Crippen molar-refractivity contribution in [2.75, 3.05) is 16.8 Å². The second-order valence-corrected chi connectivity index (χ2v) is 7.99. The Morgan fingerprint density at radius 2 is 2.13 bits per heavy atom. The van der Waals surface area contributed by atoms with E-state index >= 15 is 0 Å². The van der Waals surface area contributed by atoms with Crippen LogP contribution < -0.4 is 5.32 Å². The third-order valence-corrected chi connectivity index (χ3v) is 5.16. The molecule has 0 aliphatic carbocycles. The summed E-state index contributed by atoms with van der Waals surface area (Å²) < 4.78 is 29.7. The van der Waals surface area contributed by atoms with Gasteiger partial charge in [-0.25, -0.2) is 8.42 Å². The number of amides is 1. The van der Waals surface area contributed by atoms with Crippen molar-refractivity contribution in [3.8, 4) is 0 Å². The van der Waals surface area contributed by atoms with E-state index in [9.17, 15) is 13.2 Å². The van der Waals surface area contributed by atoms with Crippen LogP contribution in [0.2, 0.25) is 0 Å². The fourth-order valence-corrected chi connectivity index (χ4v) is 2.82. The number of aryl methyl sites for hydroxylation is 1. The van der Waals surface area contributed by atoms with Crippen molar-refractivity contribution in [1.29, 1.82) is 0 Å². The SMILES string of the molecule is CCS(=O)(=O)CCn1ccc(NC(=O)c2occc2C(C)C)n1. The maximum atomic E-state index is 12.2. The molecule has 0 atom stereocenters. The number of hydrogen-bond acceptors (Lipinski definition) is 5. The molecule has 0 radical (unpaired) electrons. The molecule has 2 aromatic heterocycles. The van der Waals surface area contributed by atoms with E-state index in [4.69, 9.17) is 4.42 Å². The van der Waals surface area contributed by atoms with Crippen molar-refractivity contribution in [1.82, 2.24) is 9.78 Å². The summed E-state index contributed by atoms with van der Waals surface area (Å²) in [5, 5.41) is 6.81. The van der Waals surface area contributed by atoms with E-state index in [2.05, 4.69) is 10.4 Å². The molecule has 1 amide bonds. The second-order valence-electron chi connectivity index (χ2n) is 5.51. The lowest BCUT2D eigenvalue weighted by atomic mass is 10.0. The van der Waals surface area contributed by atoms with Crippen molar-refractivity contribution in [2.45, 2.75) is 33.2 Å². The van der Waals surface area contributed by atoms with Gasteiger partial charge in [0.2, 0.25) is 0 Å². The third-order valence-electron chi connectivity index (χ3n) is 3.48. The van der Waals surface area contributed by atoms with E-state index in [-0.39, 0.29) is 35.6 Å². The molecule has 0 bridgehead atoms. The Labute approximate surface area is 135 Å². The average Bonchev–Trinajstić information content (AvgIpc) is 3.14. The highest BCUT2D eigenvalue weighted by atomic mass is 32.2. The predicted molar refractivity (Wildman–Crippen MR) is 87.3 cm³/mol. The Balaban J connectivity index is 2.01. The minimum atomic E-state index is -3.05. The van der Waals surface area contributed by atoms with Crippen LogP contribution in [-0.2, 0) is 16.4 Å². The highest BCUT2D eigenvalue weighted by Crippen LogP contribution is 2.21. The Morgan fingerprint density at radius 1 is 1.39 bits per heavy atom. The minimum Gasteiger partial charge on any atom is -0.459 e. The lowest BCUT2D eigenvalue weighted by Crippen LogP contribution is -2.16. The van der Waals surface area contributed by atoms with E-state index in [0.717, 1.165) is 5.56 Å². The molecular formula is C15H21N3O4S. The van der Waals surface area contributed by atoms with Gasteiger partial charge in [0.15, 0.2) is 21.4 Å². The second kappa shape index (κ2) is 6.99. The smallest absolute Gasteiger partial charge is 0.292 e. The first-order chi connectivity index (χ1) is 10.8. The van der Waals surface area contributed by atoms with E-state index in [1.54, 1.807) is 25.3 Å². The molecular weight excluding hydrogens is 318 g/mol. The van der Waals surface area contributed by atoms with E-state index in [1.165, 1.54) is 10.9 Å². The van der Waals surface area contributed by atoms with Gasteiger partial charge in [-0.3, -0.25) is 9.48 Å². The van der Waals surface area contributed by atoms with Crippen LogP contribution in [0.3, 0.4) is 0 Å². The van der Waals surface area contributed by atoms with Crippen LogP contribution in [0.1, 0.15) is 42.8 Å². The van der Waals surface area contributed by atoms with Gasteiger partial charge in [-0.2, -0.15) is 5.10 Å². The number of rotatable bonds is 7. The molecule has 0 spiro atoms. The number of nitrogens with one attached hydrogen (secondary N) is 1. The zero-order valence-corrected chi connectivity index (χ0v) is 14.3. The van der Waals surface area contributed by atoms with Crippen molar-refractivity contribution < 1.29 is 17.6 Å². The highest BCUT2D eigenvalue weighted by Gasteiger charge is 2.18. The molecule has 2 aromatic rings. The Bertz CT molecular complexity index is 774. The van der Waals surface area contributed by atoms with Crippen molar-refractivity contribution in [3.63, 3.8) is 0 Å². The first-order valence-electron chi connectivity index (χ1n) is 7.45. The zero-order chi connectivity index (χ0) is 17.0. The molecule has 0 aliphatic heterocycles. The van der Waals surface area contributed by atoms with Crippen LogP contribution in [-0.4, -0.2) is 35.6 Å². The first-order valence-corrected chi connectivity index (χ1v) is 9.27. The van der Waals surface area contributed by atoms with E-state index in [1.807, 2.05) is 13.8 Å². The lowest BCUT2D eigenvalue weighted by Gasteiger charge is -2.05. The number of sulfone groups is 1. The number of hydrogen-bond donors (Lipinski definition) is 1. The zero-order valence-electron chi connectivity index (χ0n) is 13.4. The topological polar surface area (TPSA) is 94.2 Å². The number of nitrogens with zero attached hydrogens (tertiary/aromatic N) is 2. The Kier molecular flexibility index (Phi) is 5.25. The average molecular weight is 339 g/mol. The molecule has 2 rings (SSSR count). The summed E-state index contributed by atoms with van der Waals surface area (Å²) in [6.07, 6.45) is 3.12. The van der Waals surface area contributed by atoms with Gasteiger partial charge < -0.3 is 9.73 Å². The van der Waals surface area contributed by atoms with Crippen LogP contribution >= 0.6 is 0 Å². The summed E-state index contributed by atoms with van der Waals surface area (Å²) in [5.74, 6) is 0.553. The molecule has 0 aromatic carbocycles. The highest BCUT2D eigenvalue weighted by molar-refractivity contribution is 7.91. The Morgan fingerprint density at radius 3 is 2.78 bits per heavy atom. The molecule has 0 fully saturated rings. The molecule has 1 N–H and O–H groups in total. The maximum Gasteiger partial charge on any atom is 0.292 e. The number of furan rings is 1. The summed E-state index contributed by atoms with van der Waals surface area (Å²) in [6.45, 7) is 5.82. The van der Waals surface area contributed by atoms with Gasteiger partial charge >= 0.3 is 0 Å². The molecule has 23 heavy (non-hydrogen) atoms. The lowest BCUT2D eigenvalue weighted by molar-refractivity contribution is 0.0994. The number of aromatic nitrogens is 2. The Hall–Kier alpha value is -2.09. The van der Waals surface area contributed by atoms with Crippen LogP contribution in [0, 0.1) is 0 Å². The fraction of sp³-hybridized carbons (Fsp3) is 0.467. The summed E-state index contributed by atoms with van der Waals surface area (Å²) in [4.78, 5) is 12.2. The van der Waals surface area contributed by atoms with Crippen molar-refractivity contribution >= 4 is 21.6 Å². The molecule has 2 heterocycles. The van der Waals surface area contributed by atoms with E-state index < -0.39 is 9.84 Å². The maximum absolute atomic E-state index is 12.2. The number of carbonyl (C=O) groups excluding carboxylic acids is 1. The third kappa shape index (κ3) is 4.44. The molecule has 0 saturated heterocycles. The van der Waals surface area contributed by atoms with Gasteiger partial charge in [0.05, 0.1) is 18.6 Å². The van der Waals surface area contributed by atoms with Crippen LogP contribution in [0.5, 0.6) is 0 Å². The normalized spacial score (nSPS) is 11.8. The molecule has 8 heteroatoms. The van der Waals surface area contributed by atoms with Gasteiger partial charge in [0, 0.05) is 23.6 Å². The van der Waals surface area contributed by atoms with Crippen molar-refractivity contribution in [2.24, 2.45) is 0 Å². The van der Waals surface area contributed by atoms with Crippen molar-refractivity contribution in [3.05, 3.63) is 35.9 Å². The van der Waals surface area contributed by atoms with Crippen LogP contribution in [0.25, 0.3) is 0 Å². The molecule has 0 unspecified atom stereocenters. The number of carbonyl (C=O) groups is 1. The largest absolute Gasteiger partial charge is 0.459 e. The molecule has 7 nitrogen and oxygen atoms in total. The standard InChI is InChI=1S/C15H21N3O4S/c1-4-23(20,21)10-8-18-7-5-13(17-18)16-15(19)14-12(11(2)3)6-9-22-14/h5-7,9,11H,4,8,10H2,1-3H3,(H,16,17,19). The molecule has 0 aliphatic rings. The summed E-state index contributed by atoms with van der Waals surface area (Å²) in [5.41, 5.74) is 0.830. The van der Waals surface area contributed by atoms with Gasteiger partial charge in [-0.1, -0.05) is 20.8 Å². The molecule has 0 saturated carbocycles. The first kappa shape index (κ1) is 17.3. The monoisotopic (exact) mass is 339 g/mol. The quantitative estimate of drug-likeness (QED) is 0.835. The van der Waals surface area contributed by atoms with E-state index in [0.29, 0.717) is 5.82 Å². The van der Waals surface area contributed by atoms with Gasteiger partial charge in [-0.05, 0) is 12.0 Å². The summed E-state index contributed by atoms with van der Waals surface area (Å²) in [7, 11) is -3.05. The number of anilines is 1. The predicted octanol–water partition coefficient (Wildman–Crippen LogP) is 2.29. The summed E-state index contributed by atoms with van der Waals surface area (Å²) in [6, 6.07) is 3.39. The summed E-state index contributed by atoms with van der Waals surface area (Å²) >= 11 is 0. The fourth-order valence-electron chi connectivity index (χ4n) is 2.06.